The second-order valence-corrected chi connectivity index (χ2v) is 7.77. The third-order valence-corrected chi connectivity index (χ3v) is 5.20. The minimum atomic E-state index is -0.382. The van der Waals surface area contributed by atoms with Crippen molar-refractivity contribution < 1.29 is 4.79 Å². The molecule has 7 nitrogen and oxygen atoms in total. The summed E-state index contributed by atoms with van der Waals surface area (Å²) >= 11 is 1.29. The molecule has 3 aromatic heterocycles. The first-order valence-electron chi connectivity index (χ1n) is 9.33. The summed E-state index contributed by atoms with van der Waals surface area (Å²) in [7, 11) is 0. The Hall–Kier alpha value is -3.44. The number of amides is 1. The zero-order chi connectivity index (χ0) is 21.8. The number of carbonyl (C=O) groups is 1. The molecule has 0 unspecified atom stereocenters. The molecule has 0 aliphatic carbocycles. The van der Waals surface area contributed by atoms with E-state index in [4.69, 9.17) is 4.98 Å². The van der Waals surface area contributed by atoms with Gasteiger partial charge < -0.3 is 4.57 Å². The SMILES string of the molecule is C=C/C=C/SCC(=O)N=c1c(C#N)cc2c(=O)n3cccc(C)c3nc2n1C(C)C. The number of fused-ring (bicyclic) bond motifs is 2. The van der Waals surface area contributed by atoms with Crippen LogP contribution in [0.2, 0.25) is 0 Å². The van der Waals surface area contributed by atoms with E-state index in [9.17, 15) is 14.9 Å². The van der Waals surface area contributed by atoms with Crippen LogP contribution in [0.15, 0.2) is 58.3 Å². The van der Waals surface area contributed by atoms with E-state index in [1.165, 1.54) is 22.2 Å². The van der Waals surface area contributed by atoms with E-state index in [1.807, 2.05) is 26.8 Å². The predicted molar refractivity (Wildman–Crippen MR) is 119 cm³/mol. The summed E-state index contributed by atoms with van der Waals surface area (Å²) in [5.74, 6) is -0.259. The molecule has 3 aromatic rings. The first kappa shape index (κ1) is 21.3. The van der Waals surface area contributed by atoms with Crippen LogP contribution in [0.5, 0.6) is 0 Å². The highest BCUT2D eigenvalue weighted by molar-refractivity contribution is 8.02. The fraction of sp³-hybridized carbons (Fsp3) is 0.227. The molecule has 0 aromatic carbocycles. The Kier molecular flexibility index (Phi) is 6.33. The van der Waals surface area contributed by atoms with Gasteiger partial charge in [0, 0.05) is 12.2 Å². The van der Waals surface area contributed by atoms with Crippen LogP contribution in [0.1, 0.15) is 31.0 Å². The van der Waals surface area contributed by atoms with Gasteiger partial charge in [0.05, 0.1) is 16.7 Å². The topological polar surface area (TPSA) is 92.5 Å². The number of hydrogen-bond acceptors (Lipinski definition) is 5. The summed E-state index contributed by atoms with van der Waals surface area (Å²) in [6, 6.07) is 7.01. The van der Waals surface area contributed by atoms with Crippen molar-refractivity contribution in [2.75, 3.05) is 5.75 Å². The molecular formula is C22H21N5O2S. The van der Waals surface area contributed by atoms with E-state index in [0.29, 0.717) is 16.7 Å². The van der Waals surface area contributed by atoms with Crippen LogP contribution in [0, 0.1) is 18.3 Å². The van der Waals surface area contributed by atoms with E-state index in [0.717, 1.165) is 5.56 Å². The zero-order valence-corrected chi connectivity index (χ0v) is 17.8. The van der Waals surface area contributed by atoms with Gasteiger partial charge in [-0.05, 0) is 43.9 Å². The van der Waals surface area contributed by atoms with Crippen molar-refractivity contribution in [3.05, 3.63) is 75.5 Å². The maximum Gasteiger partial charge on any atom is 0.267 e. The Labute approximate surface area is 177 Å². The fourth-order valence-corrected chi connectivity index (χ4v) is 3.64. The monoisotopic (exact) mass is 419 g/mol. The molecule has 3 rings (SSSR count). The highest BCUT2D eigenvalue weighted by Gasteiger charge is 2.17. The van der Waals surface area contributed by atoms with Crippen LogP contribution < -0.4 is 11.0 Å². The van der Waals surface area contributed by atoms with Crippen molar-refractivity contribution in [2.24, 2.45) is 4.99 Å². The van der Waals surface area contributed by atoms with Crippen LogP contribution in [0.25, 0.3) is 16.7 Å². The molecule has 8 heteroatoms. The van der Waals surface area contributed by atoms with Crippen molar-refractivity contribution in [1.29, 1.82) is 5.26 Å². The lowest BCUT2D eigenvalue weighted by Gasteiger charge is -2.16. The van der Waals surface area contributed by atoms with Gasteiger partial charge in [0.1, 0.15) is 17.4 Å². The number of aromatic nitrogens is 3. The molecule has 0 radical (unpaired) electrons. The molecule has 0 bridgehead atoms. The smallest absolute Gasteiger partial charge is 0.267 e. The van der Waals surface area contributed by atoms with Crippen LogP contribution >= 0.6 is 11.8 Å². The maximum atomic E-state index is 13.1. The first-order valence-corrected chi connectivity index (χ1v) is 10.4. The minimum Gasteiger partial charge on any atom is -0.307 e. The zero-order valence-electron chi connectivity index (χ0n) is 17.0. The highest BCUT2D eigenvalue weighted by atomic mass is 32.2. The number of nitrogens with zero attached hydrogens (tertiary/aromatic N) is 5. The molecular weight excluding hydrogens is 398 g/mol. The van der Waals surface area contributed by atoms with Gasteiger partial charge in [-0.15, -0.1) is 11.8 Å². The Morgan fingerprint density at radius 2 is 2.20 bits per heavy atom. The van der Waals surface area contributed by atoms with Gasteiger partial charge in [-0.3, -0.25) is 14.0 Å². The van der Waals surface area contributed by atoms with Crippen molar-refractivity contribution in [1.82, 2.24) is 14.0 Å². The van der Waals surface area contributed by atoms with Gasteiger partial charge in [-0.25, -0.2) is 4.98 Å². The molecule has 152 valence electrons. The lowest BCUT2D eigenvalue weighted by atomic mass is 10.2. The molecule has 1 amide bonds. The summed E-state index contributed by atoms with van der Waals surface area (Å²) in [6.07, 6.45) is 5.00. The number of carbonyl (C=O) groups excluding carboxylic acids is 1. The van der Waals surface area contributed by atoms with Crippen LogP contribution in [0.3, 0.4) is 0 Å². The maximum absolute atomic E-state index is 13.1. The normalized spacial score (nSPS) is 12.2. The number of pyridine rings is 2. The molecule has 30 heavy (non-hydrogen) atoms. The predicted octanol–water partition coefficient (Wildman–Crippen LogP) is 3.27. The molecule has 0 atom stereocenters. The fourth-order valence-electron chi connectivity index (χ4n) is 3.12. The Balaban J connectivity index is 2.36. The largest absolute Gasteiger partial charge is 0.307 e. The average Bonchev–Trinajstić information content (AvgIpc) is 2.71. The van der Waals surface area contributed by atoms with Gasteiger partial charge >= 0.3 is 0 Å². The number of hydrogen-bond donors (Lipinski definition) is 0. The molecule has 0 aliphatic heterocycles. The molecule has 0 N–H and O–H groups in total. The molecule has 0 aliphatic rings. The minimum absolute atomic E-state index is 0.123. The van der Waals surface area contributed by atoms with Gasteiger partial charge in [-0.1, -0.05) is 24.8 Å². The Bertz CT molecular complexity index is 1360. The molecule has 0 saturated carbocycles. The summed E-state index contributed by atoms with van der Waals surface area (Å²) in [6.45, 7) is 9.25. The lowest BCUT2D eigenvalue weighted by Crippen LogP contribution is -2.31. The third kappa shape index (κ3) is 3.98. The molecule has 3 heterocycles. The molecule has 0 spiro atoms. The summed E-state index contributed by atoms with van der Waals surface area (Å²) in [5.41, 5.74) is 1.86. The van der Waals surface area contributed by atoms with Gasteiger partial charge in [0.2, 0.25) is 0 Å². The van der Waals surface area contributed by atoms with Crippen LogP contribution in [-0.2, 0) is 4.79 Å². The molecule has 0 saturated heterocycles. The average molecular weight is 420 g/mol. The van der Waals surface area contributed by atoms with Crippen molar-refractivity contribution in [3.8, 4) is 6.07 Å². The lowest BCUT2D eigenvalue weighted by molar-refractivity contribution is -0.115. The van der Waals surface area contributed by atoms with Gasteiger partial charge in [0.15, 0.2) is 5.49 Å². The van der Waals surface area contributed by atoms with Crippen molar-refractivity contribution in [2.45, 2.75) is 26.8 Å². The number of aryl methyl sites for hydroxylation is 1. The third-order valence-electron chi connectivity index (χ3n) is 4.44. The van der Waals surface area contributed by atoms with Gasteiger partial charge in [0.25, 0.3) is 11.5 Å². The van der Waals surface area contributed by atoms with Crippen LogP contribution in [0.4, 0.5) is 0 Å². The van der Waals surface area contributed by atoms with E-state index < -0.39 is 0 Å². The second-order valence-electron chi connectivity index (χ2n) is 6.88. The molecule has 0 fully saturated rings. The van der Waals surface area contributed by atoms with Crippen molar-refractivity contribution in [3.63, 3.8) is 0 Å². The first-order chi connectivity index (χ1) is 14.4. The number of rotatable bonds is 5. The quantitative estimate of drug-likeness (QED) is 0.467. The number of thioether (sulfide) groups is 1. The summed E-state index contributed by atoms with van der Waals surface area (Å²) in [4.78, 5) is 34.4. The van der Waals surface area contributed by atoms with Gasteiger partial charge in [-0.2, -0.15) is 10.3 Å². The summed E-state index contributed by atoms with van der Waals surface area (Å²) < 4.78 is 3.15. The van der Waals surface area contributed by atoms with E-state index in [2.05, 4.69) is 17.6 Å². The standard InChI is InChI=1S/C22H21N5O2S/c1-5-6-10-30-13-18(28)24-20-16(12-23)11-17-21(27(20)14(2)3)25-19-15(4)8-7-9-26(19)22(17)29/h5-11,14H,1,13H2,2-4H3/b10-6+,24-20?. The van der Waals surface area contributed by atoms with E-state index in [-0.39, 0.29) is 34.3 Å². The van der Waals surface area contributed by atoms with E-state index >= 15 is 0 Å². The van der Waals surface area contributed by atoms with Crippen molar-refractivity contribution >= 4 is 34.3 Å². The number of allylic oxidation sites excluding steroid dienone is 2. The second kappa shape index (κ2) is 8.93. The number of nitriles is 1. The van der Waals surface area contributed by atoms with Crippen LogP contribution in [-0.4, -0.2) is 25.6 Å². The Morgan fingerprint density at radius 1 is 1.43 bits per heavy atom. The highest BCUT2D eigenvalue weighted by Crippen LogP contribution is 2.16. The van der Waals surface area contributed by atoms with E-state index in [1.54, 1.807) is 34.4 Å². The summed E-state index contributed by atoms with van der Waals surface area (Å²) in [5, 5.41) is 11.8. The Morgan fingerprint density at radius 3 is 2.87 bits per heavy atom.